The van der Waals surface area contributed by atoms with Gasteiger partial charge in [-0.25, -0.2) is 4.98 Å². The van der Waals surface area contributed by atoms with E-state index in [1.54, 1.807) is 0 Å². The number of nitrogens with zero attached hydrogens (tertiary/aromatic N) is 1. The molecule has 90 valence electrons. The van der Waals surface area contributed by atoms with Crippen LogP contribution in [0.5, 0.6) is 0 Å². The molecule has 0 spiro atoms. The first-order valence-electron chi connectivity index (χ1n) is 5.53. The van der Waals surface area contributed by atoms with Gasteiger partial charge in [0.2, 0.25) is 0 Å². The fourth-order valence-corrected chi connectivity index (χ4v) is 2.96. The summed E-state index contributed by atoms with van der Waals surface area (Å²) in [6.07, 6.45) is 0. The number of rotatable bonds is 2. The van der Waals surface area contributed by atoms with Crippen LogP contribution in [0.25, 0.3) is 21.5 Å². The summed E-state index contributed by atoms with van der Waals surface area (Å²) in [5.74, 6) is 0. The molecular weight excluding hydrogens is 266 g/mol. The number of thiophene rings is 1. The summed E-state index contributed by atoms with van der Waals surface area (Å²) >= 11 is 7.43. The standard InChI is InChI=1S/C14H10ClNOS/c15-14-6-5-13(18-14)12-7-9(8-17)10-3-1-2-4-11(10)16-12/h1-7,17H,8H2. The van der Waals surface area contributed by atoms with Crippen LogP contribution < -0.4 is 0 Å². The molecule has 0 radical (unpaired) electrons. The Labute approximate surface area is 113 Å². The molecule has 0 saturated carbocycles. The Morgan fingerprint density at radius 3 is 2.72 bits per heavy atom. The molecule has 0 aliphatic rings. The molecule has 0 aliphatic heterocycles. The van der Waals surface area contributed by atoms with Crippen molar-refractivity contribution >= 4 is 33.8 Å². The van der Waals surface area contributed by atoms with Crippen molar-refractivity contribution < 1.29 is 5.11 Å². The van der Waals surface area contributed by atoms with Crippen molar-refractivity contribution in [3.8, 4) is 10.6 Å². The van der Waals surface area contributed by atoms with Crippen molar-refractivity contribution in [3.05, 3.63) is 52.4 Å². The summed E-state index contributed by atoms with van der Waals surface area (Å²) in [7, 11) is 0. The number of benzene rings is 1. The van der Waals surface area contributed by atoms with Gasteiger partial charge >= 0.3 is 0 Å². The van der Waals surface area contributed by atoms with Gasteiger partial charge in [-0.1, -0.05) is 29.8 Å². The Morgan fingerprint density at radius 1 is 1.17 bits per heavy atom. The van der Waals surface area contributed by atoms with Crippen molar-refractivity contribution in [2.75, 3.05) is 0 Å². The maximum absolute atomic E-state index is 9.46. The quantitative estimate of drug-likeness (QED) is 0.763. The van der Waals surface area contributed by atoms with Gasteiger partial charge in [0, 0.05) is 5.39 Å². The van der Waals surface area contributed by atoms with E-state index in [2.05, 4.69) is 4.98 Å². The molecule has 0 atom stereocenters. The van der Waals surface area contributed by atoms with Crippen molar-refractivity contribution in [2.45, 2.75) is 6.61 Å². The van der Waals surface area contributed by atoms with E-state index in [9.17, 15) is 5.11 Å². The van der Waals surface area contributed by atoms with Gasteiger partial charge in [0.1, 0.15) is 0 Å². The zero-order valence-corrected chi connectivity index (χ0v) is 11.0. The molecule has 0 aliphatic carbocycles. The fourth-order valence-electron chi connectivity index (χ4n) is 1.96. The summed E-state index contributed by atoms with van der Waals surface area (Å²) in [6.45, 7) is 0.00907. The summed E-state index contributed by atoms with van der Waals surface area (Å²) in [4.78, 5) is 5.62. The molecule has 2 heterocycles. The van der Waals surface area contributed by atoms with Crippen molar-refractivity contribution in [1.82, 2.24) is 4.98 Å². The van der Waals surface area contributed by atoms with E-state index in [1.807, 2.05) is 42.5 Å². The van der Waals surface area contributed by atoms with Crippen LogP contribution in [0.15, 0.2) is 42.5 Å². The molecule has 0 amide bonds. The van der Waals surface area contributed by atoms with Gasteiger partial charge in [0.25, 0.3) is 0 Å². The highest BCUT2D eigenvalue weighted by Crippen LogP contribution is 2.32. The molecule has 1 aromatic carbocycles. The number of hydrogen-bond acceptors (Lipinski definition) is 3. The molecular formula is C14H10ClNOS. The second-order valence-electron chi connectivity index (χ2n) is 3.95. The fraction of sp³-hybridized carbons (Fsp3) is 0.0714. The van der Waals surface area contributed by atoms with Crippen LogP contribution in [0.3, 0.4) is 0 Å². The average Bonchev–Trinajstić information content (AvgIpc) is 2.84. The number of aliphatic hydroxyl groups excluding tert-OH is 1. The van der Waals surface area contributed by atoms with Gasteiger partial charge in [-0.05, 0) is 29.8 Å². The number of pyridine rings is 1. The van der Waals surface area contributed by atoms with Crippen LogP contribution in [0.1, 0.15) is 5.56 Å². The molecule has 0 bridgehead atoms. The predicted octanol–water partition coefficient (Wildman–Crippen LogP) is 4.11. The second kappa shape index (κ2) is 4.69. The molecule has 18 heavy (non-hydrogen) atoms. The molecule has 0 saturated heterocycles. The van der Waals surface area contributed by atoms with E-state index < -0.39 is 0 Å². The van der Waals surface area contributed by atoms with E-state index in [0.29, 0.717) is 0 Å². The maximum Gasteiger partial charge on any atom is 0.0935 e. The van der Waals surface area contributed by atoms with Gasteiger partial charge in [0.05, 0.1) is 27.0 Å². The largest absolute Gasteiger partial charge is 0.392 e. The lowest BCUT2D eigenvalue weighted by Gasteiger charge is -2.06. The number of aliphatic hydroxyl groups is 1. The van der Waals surface area contributed by atoms with Gasteiger partial charge < -0.3 is 5.11 Å². The summed E-state index contributed by atoms with van der Waals surface area (Å²) < 4.78 is 0.741. The van der Waals surface area contributed by atoms with Crippen LogP contribution in [-0.4, -0.2) is 10.1 Å². The van der Waals surface area contributed by atoms with Gasteiger partial charge in [0.15, 0.2) is 0 Å². The van der Waals surface area contributed by atoms with E-state index >= 15 is 0 Å². The third kappa shape index (κ3) is 2.01. The number of fused-ring (bicyclic) bond motifs is 1. The maximum atomic E-state index is 9.46. The van der Waals surface area contributed by atoms with E-state index in [4.69, 9.17) is 11.6 Å². The number of para-hydroxylation sites is 1. The van der Waals surface area contributed by atoms with Gasteiger partial charge in [-0.3, -0.25) is 0 Å². The molecule has 4 heteroatoms. The molecule has 3 aromatic rings. The van der Waals surface area contributed by atoms with Crippen molar-refractivity contribution in [3.63, 3.8) is 0 Å². The normalized spacial score (nSPS) is 11.0. The second-order valence-corrected chi connectivity index (χ2v) is 5.66. The van der Waals surface area contributed by atoms with E-state index in [0.717, 1.165) is 31.4 Å². The zero-order valence-electron chi connectivity index (χ0n) is 9.43. The van der Waals surface area contributed by atoms with Crippen LogP contribution in [0, 0.1) is 0 Å². The Bertz CT molecular complexity index is 708. The highest BCUT2D eigenvalue weighted by atomic mass is 35.5. The van der Waals surface area contributed by atoms with Gasteiger partial charge in [-0.2, -0.15) is 0 Å². The molecule has 0 fully saturated rings. The molecule has 0 unspecified atom stereocenters. The van der Waals surface area contributed by atoms with Crippen molar-refractivity contribution in [2.24, 2.45) is 0 Å². The average molecular weight is 276 g/mol. The minimum absolute atomic E-state index is 0.00907. The number of halogens is 1. The first-order chi connectivity index (χ1) is 8.78. The first-order valence-corrected chi connectivity index (χ1v) is 6.72. The van der Waals surface area contributed by atoms with Crippen LogP contribution in [0.2, 0.25) is 4.34 Å². The summed E-state index contributed by atoms with van der Waals surface area (Å²) in [5.41, 5.74) is 2.64. The Morgan fingerprint density at radius 2 is 2.00 bits per heavy atom. The Balaban J connectivity index is 2.25. The third-order valence-corrected chi connectivity index (χ3v) is 4.05. The lowest BCUT2D eigenvalue weighted by Crippen LogP contribution is -1.91. The minimum Gasteiger partial charge on any atom is -0.392 e. The highest BCUT2D eigenvalue weighted by Gasteiger charge is 2.08. The number of hydrogen-bond donors (Lipinski definition) is 1. The smallest absolute Gasteiger partial charge is 0.0935 e. The summed E-state index contributed by atoms with van der Waals surface area (Å²) in [6, 6.07) is 13.5. The molecule has 2 aromatic heterocycles. The lowest BCUT2D eigenvalue weighted by molar-refractivity contribution is 0.283. The molecule has 2 nitrogen and oxygen atoms in total. The third-order valence-electron chi connectivity index (χ3n) is 2.80. The van der Waals surface area contributed by atoms with Crippen LogP contribution in [0.4, 0.5) is 0 Å². The SMILES string of the molecule is OCc1cc(-c2ccc(Cl)s2)nc2ccccc12. The zero-order chi connectivity index (χ0) is 12.5. The predicted molar refractivity (Wildman–Crippen MR) is 76.0 cm³/mol. The monoisotopic (exact) mass is 275 g/mol. The number of aromatic nitrogens is 1. The Hall–Kier alpha value is -1.42. The molecule has 3 rings (SSSR count). The first kappa shape index (κ1) is 11.7. The van der Waals surface area contributed by atoms with E-state index in [1.165, 1.54) is 11.3 Å². The lowest BCUT2D eigenvalue weighted by atomic mass is 10.1. The summed E-state index contributed by atoms with van der Waals surface area (Å²) in [5, 5.41) is 10.5. The van der Waals surface area contributed by atoms with Crippen LogP contribution >= 0.6 is 22.9 Å². The minimum atomic E-state index is 0.00907. The highest BCUT2D eigenvalue weighted by molar-refractivity contribution is 7.19. The van der Waals surface area contributed by atoms with E-state index in [-0.39, 0.29) is 6.61 Å². The van der Waals surface area contributed by atoms with Crippen LogP contribution in [-0.2, 0) is 6.61 Å². The Kier molecular flexibility index (Phi) is 3.04. The topological polar surface area (TPSA) is 33.1 Å². The van der Waals surface area contributed by atoms with Gasteiger partial charge in [-0.15, -0.1) is 11.3 Å². The van der Waals surface area contributed by atoms with Crippen molar-refractivity contribution in [1.29, 1.82) is 0 Å². The molecule has 1 N–H and O–H groups in total.